The first-order chi connectivity index (χ1) is 18.1. The SMILES string of the molecule is CCCN(N)/C(COc1ccc2c(c1)CCn1c-2cc(OCC2COc3ccccc3O2)nc1=O)=N\N. The van der Waals surface area contributed by atoms with Crippen molar-refractivity contribution in [1.29, 1.82) is 0 Å². The van der Waals surface area contributed by atoms with E-state index >= 15 is 0 Å². The predicted octanol–water partition coefficient (Wildman–Crippen LogP) is 1.92. The molecule has 0 fully saturated rings. The van der Waals surface area contributed by atoms with Crippen LogP contribution in [0, 0.1) is 0 Å². The Morgan fingerprint density at radius 2 is 2.05 bits per heavy atom. The topological polar surface area (TPSA) is 139 Å². The molecule has 11 nitrogen and oxygen atoms in total. The molecule has 0 aliphatic carbocycles. The van der Waals surface area contributed by atoms with Crippen molar-refractivity contribution < 1.29 is 18.9 Å². The Labute approximate surface area is 214 Å². The maximum absolute atomic E-state index is 12.8. The molecule has 1 aromatic heterocycles. The molecule has 1 atom stereocenters. The third kappa shape index (κ3) is 5.31. The number of hydrogen-bond acceptors (Lipinski definition) is 9. The van der Waals surface area contributed by atoms with Crippen LogP contribution in [-0.2, 0) is 13.0 Å². The van der Waals surface area contributed by atoms with E-state index in [9.17, 15) is 4.79 Å². The van der Waals surface area contributed by atoms with Crippen LogP contribution in [0.2, 0.25) is 0 Å². The summed E-state index contributed by atoms with van der Waals surface area (Å²) in [5.41, 5.74) is 2.37. The van der Waals surface area contributed by atoms with Gasteiger partial charge in [0.2, 0.25) is 5.88 Å². The lowest BCUT2D eigenvalue weighted by Crippen LogP contribution is -2.41. The smallest absolute Gasteiger partial charge is 0.351 e. The Morgan fingerprint density at radius 3 is 2.86 bits per heavy atom. The summed E-state index contributed by atoms with van der Waals surface area (Å²) in [7, 11) is 0. The third-order valence-electron chi connectivity index (χ3n) is 6.24. The van der Waals surface area contributed by atoms with Crippen molar-refractivity contribution in [2.75, 3.05) is 26.4 Å². The number of nitrogens with two attached hydrogens (primary N) is 2. The van der Waals surface area contributed by atoms with Crippen molar-refractivity contribution >= 4 is 5.84 Å². The van der Waals surface area contributed by atoms with Gasteiger partial charge in [0, 0.05) is 24.7 Å². The average Bonchev–Trinajstić information content (AvgIpc) is 2.92. The number of hydrazone groups is 1. The van der Waals surface area contributed by atoms with Crippen LogP contribution in [0.15, 0.2) is 58.4 Å². The zero-order valence-corrected chi connectivity index (χ0v) is 20.6. The Balaban J connectivity index is 1.29. The first-order valence-electron chi connectivity index (χ1n) is 12.2. The van der Waals surface area contributed by atoms with E-state index in [1.807, 2.05) is 49.4 Å². The van der Waals surface area contributed by atoms with E-state index in [-0.39, 0.29) is 30.9 Å². The zero-order chi connectivity index (χ0) is 25.8. The van der Waals surface area contributed by atoms with Gasteiger partial charge in [-0.1, -0.05) is 19.1 Å². The summed E-state index contributed by atoms with van der Waals surface area (Å²) in [6.45, 7) is 3.86. The van der Waals surface area contributed by atoms with Gasteiger partial charge in [0.25, 0.3) is 0 Å². The molecule has 2 aliphatic rings. The van der Waals surface area contributed by atoms with Gasteiger partial charge in [-0.3, -0.25) is 9.58 Å². The highest BCUT2D eigenvalue weighted by Gasteiger charge is 2.23. The number of aryl methyl sites for hydroxylation is 1. The lowest BCUT2D eigenvalue weighted by Gasteiger charge is -2.26. The number of nitrogens with zero attached hydrogens (tertiary/aromatic N) is 4. The molecule has 1 unspecified atom stereocenters. The van der Waals surface area contributed by atoms with E-state index in [1.165, 1.54) is 5.01 Å². The third-order valence-corrected chi connectivity index (χ3v) is 6.24. The molecular weight excluding hydrogens is 476 g/mol. The predicted molar refractivity (Wildman–Crippen MR) is 138 cm³/mol. The van der Waals surface area contributed by atoms with Gasteiger partial charge < -0.3 is 24.8 Å². The van der Waals surface area contributed by atoms with Crippen LogP contribution < -0.4 is 36.3 Å². The largest absolute Gasteiger partial charge is 0.486 e. The van der Waals surface area contributed by atoms with E-state index in [4.69, 9.17) is 30.6 Å². The van der Waals surface area contributed by atoms with Gasteiger partial charge in [-0.25, -0.2) is 10.6 Å². The molecule has 194 valence electrons. The quantitative estimate of drug-likeness (QED) is 0.203. The highest BCUT2D eigenvalue weighted by Crippen LogP contribution is 2.33. The average molecular weight is 507 g/mol. The fourth-order valence-electron chi connectivity index (χ4n) is 4.38. The molecule has 0 bridgehead atoms. The lowest BCUT2D eigenvalue weighted by atomic mass is 9.97. The van der Waals surface area contributed by atoms with E-state index in [0.717, 1.165) is 23.2 Å². The second-order valence-corrected chi connectivity index (χ2v) is 8.82. The summed E-state index contributed by atoms with van der Waals surface area (Å²) < 4.78 is 25.1. The fourth-order valence-corrected chi connectivity index (χ4v) is 4.38. The monoisotopic (exact) mass is 506 g/mol. The molecule has 5 rings (SSSR count). The minimum Gasteiger partial charge on any atom is -0.486 e. The molecule has 0 saturated heterocycles. The number of fused-ring (bicyclic) bond motifs is 4. The Kier molecular flexibility index (Phi) is 7.13. The van der Waals surface area contributed by atoms with Crippen molar-refractivity contribution in [3.8, 4) is 34.4 Å². The summed E-state index contributed by atoms with van der Waals surface area (Å²) in [5, 5.41) is 5.22. The number of rotatable bonds is 8. The normalized spacial score (nSPS) is 15.9. The standard InChI is InChI=1S/C26H30N6O5/c1-2-10-32(28)24(30-27)16-34-18-7-8-20-17(12-18)9-11-31-21(20)13-25(29-26(31)33)36-15-19-14-35-22-5-3-4-6-23(22)37-19/h3-8,12-13,19H,2,9-11,14-16,27-28H2,1H3/b30-24-. The van der Waals surface area contributed by atoms with Crippen molar-refractivity contribution in [2.45, 2.75) is 32.4 Å². The molecule has 0 spiro atoms. The number of ether oxygens (including phenoxy) is 4. The van der Waals surface area contributed by atoms with Crippen LogP contribution in [0.1, 0.15) is 18.9 Å². The van der Waals surface area contributed by atoms with E-state index in [2.05, 4.69) is 10.1 Å². The van der Waals surface area contributed by atoms with Crippen molar-refractivity contribution in [3.05, 3.63) is 64.6 Å². The molecule has 37 heavy (non-hydrogen) atoms. The van der Waals surface area contributed by atoms with Gasteiger partial charge >= 0.3 is 5.69 Å². The first-order valence-corrected chi connectivity index (χ1v) is 12.2. The summed E-state index contributed by atoms with van der Waals surface area (Å²) in [6.07, 6.45) is 1.22. The van der Waals surface area contributed by atoms with E-state index in [0.29, 0.717) is 49.2 Å². The molecule has 2 aliphatic heterocycles. The van der Waals surface area contributed by atoms with Gasteiger partial charge in [0.05, 0.1) is 5.69 Å². The minimum absolute atomic E-state index is 0.154. The van der Waals surface area contributed by atoms with Crippen LogP contribution in [0.25, 0.3) is 11.3 Å². The molecular formula is C26H30N6O5. The fraction of sp³-hybridized carbons (Fsp3) is 0.346. The second kappa shape index (κ2) is 10.8. The second-order valence-electron chi connectivity index (χ2n) is 8.82. The van der Waals surface area contributed by atoms with Gasteiger partial charge in [-0.2, -0.15) is 10.1 Å². The first kappa shape index (κ1) is 24.4. The van der Waals surface area contributed by atoms with Crippen LogP contribution >= 0.6 is 0 Å². The Morgan fingerprint density at radius 1 is 1.22 bits per heavy atom. The van der Waals surface area contributed by atoms with Crippen LogP contribution in [0.4, 0.5) is 0 Å². The Bertz CT molecular complexity index is 1360. The summed E-state index contributed by atoms with van der Waals surface area (Å²) in [5.74, 6) is 14.2. The number of amidine groups is 1. The van der Waals surface area contributed by atoms with Crippen molar-refractivity contribution in [3.63, 3.8) is 0 Å². The zero-order valence-electron chi connectivity index (χ0n) is 20.6. The van der Waals surface area contributed by atoms with Gasteiger partial charge in [0.15, 0.2) is 23.4 Å². The number of benzene rings is 2. The van der Waals surface area contributed by atoms with Crippen LogP contribution in [-0.4, -0.2) is 52.9 Å². The Hall–Kier alpha value is -4.25. The number of para-hydroxylation sites is 2. The van der Waals surface area contributed by atoms with Gasteiger partial charge in [0.1, 0.15) is 25.6 Å². The van der Waals surface area contributed by atoms with Crippen LogP contribution in [0.5, 0.6) is 23.1 Å². The molecule has 3 aromatic rings. The minimum atomic E-state index is -0.354. The summed E-state index contributed by atoms with van der Waals surface area (Å²) in [4.78, 5) is 16.9. The molecule has 11 heteroatoms. The number of hydrazine groups is 1. The number of aromatic nitrogens is 2. The maximum Gasteiger partial charge on any atom is 0.351 e. The molecule has 0 radical (unpaired) electrons. The van der Waals surface area contributed by atoms with Gasteiger partial charge in [-0.15, -0.1) is 0 Å². The number of hydrogen-bond donors (Lipinski definition) is 2. The summed E-state index contributed by atoms with van der Waals surface area (Å²) in [6, 6.07) is 15.0. The van der Waals surface area contributed by atoms with Crippen molar-refractivity contribution in [1.82, 2.24) is 14.6 Å². The lowest BCUT2D eigenvalue weighted by molar-refractivity contribution is 0.0520. The van der Waals surface area contributed by atoms with E-state index < -0.39 is 0 Å². The molecule has 3 heterocycles. The summed E-state index contributed by atoms with van der Waals surface area (Å²) >= 11 is 0. The maximum atomic E-state index is 12.8. The van der Waals surface area contributed by atoms with Gasteiger partial charge in [-0.05, 0) is 48.7 Å². The van der Waals surface area contributed by atoms with Crippen molar-refractivity contribution in [2.24, 2.45) is 16.8 Å². The van der Waals surface area contributed by atoms with E-state index in [1.54, 1.807) is 10.6 Å². The molecule has 0 saturated carbocycles. The highest BCUT2D eigenvalue weighted by atomic mass is 16.6. The van der Waals surface area contributed by atoms with Crippen LogP contribution in [0.3, 0.4) is 0 Å². The molecule has 2 aromatic carbocycles. The molecule has 4 N–H and O–H groups in total. The molecule has 0 amide bonds. The highest BCUT2D eigenvalue weighted by molar-refractivity contribution is 5.83.